The Kier molecular flexibility index (Phi) is 10.8. The summed E-state index contributed by atoms with van der Waals surface area (Å²) in [5.41, 5.74) is 13.6. The zero-order valence-corrected chi connectivity index (χ0v) is 20.9. The van der Waals surface area contributed by atoms with E-state index in [1.165, 1.54) is 12.8 Å². The van der Waals surface area contributed by atoms with Gasteiger partial charge in [0, 0.05) is 24.5 Å². The summed E-state index contributed by atoms with van der Waals surface area (Å²) in [5, 5.41) is 6.69. The first-order chi connectivity index (χ1) is 16.4. The summed E-state index contributed by atoms with van der Waals surface area (Å²) in [6, 6.07) is 0. The zero-order chi connectivity index (χ0) is 24.5. The van der Waals surface area contributed by atoms with E-state index in [4.69, 9.17) is 11.5 Å². The number of H-pyrrole nitrogens is 4. The topological polar surface area (TPSA) is 204 Å². The zero-order valence-electron chi connectivity index (χ0n) is 20.1. The maximum Gasteiger partial charge on any atom is 0.262 e. The monoisotopic (exact) mass is 506 g/mol. The van der Waals surface area contributed by atoms with Gasteiger partial charge in [0.05, 0.1) is 17.3 Å². The molecule has 11 N–H and O–H groups in total. The molecule has 4 aromatic rings. The average Bonchev–Trinajstić information content (AvgIpc) is 3.39. The number of nitrogens with zero attached hydrogens (tertiary/aromatic N) is 2. The molecule has 192 valence electrons. The van der Waals surface area contributed by atoms with Gasteiger partial charge in [0.25, 0.3) is 11.1 Å². The number of halogens is 1. The van der Waals surface area contributed by atoms with Crippen molar-refractivity contribution >= 4 is 34.0 Å². The number of rotatable bonds is 10. The predicted octanol–water partition coefficient (Wildman–Crippen LogP) is -2.58. The van der Waals surface area contributed by atoms with E-state index >= 15 is 0 Å². The fourth-order valence-corrected chi connectivity index (χ4v) is 3.67. The van der Waals surface area contributed by atoms with Gasteiger partial charge in [0.15, 0.2) is 0 Å². The van der Waals surface area contributed by atoms with Crippen molar-refractivity contribution in [1.82, 2.24) is 35.2 Å². The van der Waals surface area contributed by atoms with E-state index in [1.54, 1.807) is 6.20 Å². The second kappa shape index (κ2) is 13.5. The minimum absolute atomic E-state index is 0. The molecule has 0 fully saturated rings. The van der Waals surface area contributed by atoms with Crippen LogP contribution >= 0.6 is 0 Å². The van der Waals surface area contributed by atoms with Gasteiger partial charge in [0.1, 0.15) is 17.8 Å². The summed E-state index contributed by atoms with van der Waals surface area (Å²) in [6.45, 7) is 7.78. The fourth-order valence-electron chi connectivity index (χ4n) is 3.67. The number of hydrogen-bond acceptors (Lipinski definition) is 7. The molecular formula is C22H35ClN10O2. The number of nitrogens with two attached hydrogens (primary N) is 3. The van der Waals surface area contributed by atoms with Crippen LogP contribution in [-0.4, -0.2) is 43.0 Å². The standard InChI is InChI=1S/2C11H17N5O.ClH/c2*1-2-3-4-13-5-7-6-14-9-8(7)10(17)16-11(12)15-9;/h2*6,13H,2-5H2,1H3,(H4,12,14,15,16,17);1H. The minimum Gasteiger partial charge on any atom is -1.00 e. The fraction of sp³-hybridized carbons (Fsp3) is 0.455. The highest BCUT2D eigenvalue weighted by molar-refractivity contribution is 5.80. The van der Waals surface area contributed by atoms with Crippen molar-refractivity contribution in [3.8, 4) is 0 Å². The highest BCUT2D eigenvalue weighted by Crippen LogP contribution is 2.12. The summed E-state index contributed by atoms with van der Waals surface area (Å²) in [6.07, 6.45) is 8.27. The van der Waals surface area contributed by atoms with Crippen LogP contribution in [0, 0.1) is 0 Å². The molecule has 0 spiro atoms. The first-order valence-electron chi connectivity index (χ1n) is 11.7. The van der Waals surface area contributed by atoms with E-state index in [-0.39, 0.29) is 35.4 Å². The Morgan fingerprint density at radius 2 is 1.43 bits per heavy atom. The SMILES string of the molecule is CCCCNCc1c[nH]c2nc(N)[nH]c(=O)c12.CCCC[NH2+]Cc1c[nH]c2nc(N)[nH]c(=O)c12.[Cl-]. The lowest BCUT2D eigenvalue weighted by atomic mass is 10.2. The number of unbranched alkanes of at least 4 members (excludes halogenated alkanes) is 2. The molecule has 4 aromatic heterocycles. The quantitative estimate of drug-likeness (QED) is 0.108. The molecular weight excluding hydrogens is 472 g/mol. The van der Waals surface area contributed by atoms with Crippen LogP contribution < -0.4 is 45.6 Å². The molecule has 0 saturated carbocycles. The van der Waals surface area contributed by atoms with Crippen molar-refractivity contribution in [2.24, 2.45) is 0 Å². The minimum atomic E-state index is -0.193. The number of nitrogen functional groups attached to an aromatic ring is 2. The highest BCUT2D eigenvalue weighted by atomic mass is 35.5. The molecule has 0 aliphatic heterocycles. The van der Waals surface area contributed by atoms with Crippen molar-refractivity contribution in [3.05, 3.63) is 44.2 Å². The second-order valence-electron chi connectivity index (χ2n) is 8.14. The summed E-state index contributed by atoms with van der Waals surface area (Å²) >= 11 is 0. The lowest BCUT2D eigenvalue weighted by Crippen LogP contribution is -3.00. The molecule has 4 heterocycles. The van der Waals surface area contributed by atoms with Gasteiger partial charge in [0.2, 0.25) is 11.9 Å². The molecule has 4 rings (SSSR count). The Morgan fingerprint density at radius 3 is 2.00 bits per heavy atom. The van der Waals surface area contributed by atoms with Crippen LogP contribution in [0.5, 0.6) is 0 Å². The Bertz CT molecular complexity index is 1220. The van der Waals surface area contributed by atoms with E-state index in [1.807, 2.05) is 6.20 Å². The van der Waals surface area contributed by atoms with Crippen LogP contribution in [-0.2, 0) is 13.1 Å². The maximum atomic E-state index is 11.8. The Hall–Kier alpha value is -3.35. The van der Waals surface area contributed by atoms with Gasteiger partial charge in [-0.1, -0.05) is 26.7 Å². The van der Waals surface area contributed by atoms with E-state index in [2.05, 4.69) is 54.4 Å². The van der Waals surface area contributed by atoms with Crippen molar-refractivity contribution in [2.45, 2.75) is 52.6 Å². The predicted molar refractivity (Wildman–Crippen MR) is 134 cm³/mol. The van der Waals surface area contributed by atoms with Crippen LogP contribution in [0.25, 0.3) is 22.1 Å². The normalized spacial score (nSPS) is 10.8. The lowest BCUT2D eigenvalue weighted by molar-refractivity contribution is -0.670. The molecule has 0 unspecified atom stereocenters. The molecule has 0 radical (unpaired) electrons. The molecule has 0 saturated heterocycles. The van der Waals surface area contributed by atoms with Crippen molar-refractivity contribution < 1.29 is 17.7 Å². The molecule has 13 heteroatoms. The van der Waals surface area contributed by atoms with Crippen molar-refractivity contribution in [1.29, 1.82) is 0 Å². The number of aromatic nitrogens is 6. The van der Waals surface area contributed by atoms with Crippen molar-refractivity contribution in [2.75, 3.05) is 24.6 Å². The molecule has 0 aromatic carbocycles. The van der Waals surface area contributed by atoms with Gasteiger partial charge in [-0.05, 0) is 24.9 Å². The summed E-state index contributed by atoms with van der Waals surface area (Å²) < 4.78 is 0. The van der Waals surface area contributed by atoms with Gasteiger partial charge in [-0.2, -0.15) is 9.97 Å². The third-order valence-corrected chi connectivity index (χ3v) is 5.43. The number of aromatic amines is 4. The van der Waals surface area contributed by atoms with Gasteiger partial charge in [-0.15, -0.1) is 0 Å². The lowest BCUT2D eigenvalue weighted by Gasteiger charge is -2.01. The Morgan fingerprint density at radius 1 is 0.886 bits per heavy atom. The molecule has 0 aliphatic carbocycles. The van der Waals surface area contributed by atoms with E-state index < -0.39 is 0 Å². The van der Waals surface area contributed by atoms with Gasteiger partial charge in [-0.3, -0.25) is 19.6 Å². The molecule has 0 amide bonds. The van der Waals surface area contributed by atoms with E-state index in [0.29, 0.717) is 28.6 Å². The first kappa shape index (κ1) is 27.9. The summed E-state index contributed by atoms with van der Waals surface area (Å²) in [7, 11) is 0. The number of nitrogens with one attached hydrogen (secondary N) is 5. The molecule has 12 nitrogen and oxygen atoms in total. The van der Waals surface area contributed by atoms with Crippen LogP contribution in [0.3, 0.4) is 0 Å². The Labute approximate surface area is 208 Å². The average molecular weight is 507 g/mol. The van der Waals surface area contributed by atoms with Crippen LogP contribution in [0.4, 0.5) is 11.9 Å². The number of hydrogen-bond donors (Lipinski definition) is 8. The van der Waals surface area contributed by atoms with Crippen LogP contribution in [0.1, 0.15) is 50.7 Å². The van der Waals surface area contributed by atoms with Crippen molar-refractivity contribution in [3.63, 3.8) is 0 Å². The van der Waals surface area contributed by atoms with Crippen LogP contribution in [0.2, 0.25) is 0 Å². The first-order valence-corrected chi connectivity index (χ1v) is 11.7. The van der Waals surface area contributed by atoms with E-state index in [9.17, 15) is 9.59 Å². The smallest absolute Gasteiger partial charge is 0.262 e. The molecule has 0 aliphatic rings. The van der Waals surface area contributed by atoms with Gasteiger partial charge in [-0.25, -0.2) is 0 Å². The molecule has 0 atom stereocenters. The number of fused-ring (bicyclic) bond motifs is 2. The van der Waals surface area contributed by atoms with E-state index in [0.717, 1.165) is 43.6 Å². The molecule has 0 bridgehead atoms. The summed E-state index contributed by atoms with van der Waals surface area (Å²) in [5.74, 6) is 0.278. The van der Waals surface area contributed by atoms with Gasteiger partial charge < -0.3 is 44.5 Å². The third-order valence-electron chi connectivity index (χ3n) is 5.43. The maximum absolute atomic E-state index is 11.8. The molecule has 35 heavy (non-hydrogen) atoms. The van der Waals surface area contributed by atoms with Crippen LogP contribution in [0.15, 0.2) is 22.0 Å². The van der Waals surface area contributed by atoms with Gasteiger partial charge >= 0.3 is 0 Å². The summed E-state index contributed by atoms with van der Waals surface area (Å²) in [4.78, 5) is 42.6. The third kappa shape index (κ3) is 7.31. The largest absolute Gasteiger partial charge is 1.00 e. The highest BCUT2D eigenvalue weighted by Gasteiger charge is 2.11. The second-order valence-corrected chi connectivity index (χ2v) is 8.14. The number of anilines is 2. The number of quaternary nitrogens is 1. The Balaban J connectivity index is 0.000000240.